The number of aromatic nitrogens is 2. The normalized spacial score (nSPS) is 10.5. The van der Waals surface area contributed by atoms with Gasteiger partial charge in [0, 0.05) is 18.9 Å². The third kappa shape index (κ3) is 2.05. The first-order chi connectivity index (χ1) is 7.56. The van der Waals surface area contributed by atoms with Gasteiger partial charge in [-0.1, -0.05) is 0 Å². The van der Waals surface area contributed by atoms with Gasteiger partial charge < -0.3 is 9.88 Å². The highest BCUT2D eigenvalue weighted by Crippen LogP contribution is 2.20. The fraction of sp³-hybridized carbons (Fsp3) is 0.250. The number of hydrogen-bond acceptors (Lipinski definition) is 2. The fourth-order valence-electron chi connectivity index (χ4n) is 1.62. The number of nitrogens with zero attached hydrogens (tertiary/aromatic N) is 2. The predicted octanol–water partition coefficient (Wildman–Crippen LogP) is 2.92. The van der Waals surface area contributed by atoms with E-state index in [-0.39, 0.29) is 5.82 Å². The van der Waals surface area contributed by atoms with Gasteiger partial charge in [-0.25, -0.2) is 9.37 Å². The van der Waals surface area contributed by atoms with E-state index in [4.69, 9.17) is 0 Å². The standard InChI is InChI=1S/C12H14FN3/c1-8-6-10(13)4-5-11(8)15-12-14-9(2)7-16(12)3/h4-7H,1-3H3,(H,14,15). The maximum Gasteiger partial charge on any atom is 0.207 e. The van der Waals surface area contributed by atoms with E-state index in [0.29, 0.717) is 0 Å². The minimum atomic E-state index is -0.223. The summed E-state index contributed by atoms with van der Waals surface area (Å²) in [6.07, 6.45) is 1.93. The van der Waals surface area contributed by atoms with Gasteiger partial charge in [-0.15, -0.1) is 0 Å². The van der Waals surface area contributed by atoms with Crippen LogP contribution in [0.5, 0.6) is 0 Å². The van der Waals surface area contributed by atoms with Crippen LogP contribution in [0.2, 0.25) is 0 Å². The highest BCUT2D eigenvalue weighted by atomic mass is 19.1. The Labute approximate surface area is 93.9 Å². The summed E-state index contributed by atoms with van der Waals surface area (Å²) in [6.45, 7) is 3.80. The van der Waals surface area contributed by atoms with E-state index in [1.54, 1.807) is 6.07 Å². The lowest BCUT2D eigenvalue weighted by atomic mass is 10.2. The first-order valence-electron chi connectivity index (χ1n) is 5.09. The molecule has 1 heterocycles. The predicted molar refractivity (Wildman–Crippen MR) is 62.4 cm³/mol. The molecule has 0 saturated heterocycles. The van der Waals surface area contributed by atoms with Crippen LogP contribution in [0, 0.1) is 19.7 Å². The summed E-state index contributed by atoms with van der Waals surface area (Å²) in [5.74, 6) is 0.534. The molecule has 0 radical (unpaired) electrons. The van der Waals surface area contributed by atoms with Crippen molar-refractivity contribution < 1.29 is 4.39 Å². The highest BCUT2D eigenvalue weighted by Gasteiger charge is 2.05. The molecule has 16 heavy (non-hydrogen) atoms. The summed E-state index contributed by atoms with van der Waals surface area (Å²) < 4.78 is 14.8. The molecule has 0 aliphatic carbocycles. The van der Waals surface area contributed by atoms with Gasteiger partial charge in [-0.2, -0.15) is 0 Å². The highest BCUT2D eigenvalue weighted by molar-refractivity contribution is 5.58. The van der Waals surface area contributed by atoms with Gasteiger partial charge in [-0.05, 0) is 37.6 Å². The number of hydrogen-bond donors (Lipinski definition) is 1. The molecule has 2 rings (SSSR count). The number of benzene rings is 1. The third-order valence-electron chi connectivity index (χ3n) is 2.43. The van der Waals surface area contributed by atoms with E-state index >= 15 is 0 Å². The molecule has 0 amide bonds. The smallest absolute Gasteiger partial charge is 0.207 e. The minimum absolute atomic E-state index is 0.223. The maximum absolute atomic E-state index is 12.9. The molecule has 84 valence electrons. The molecule has 0 bridgehead atoms. The van der Waals surface area contributed by atoms with Crippen LogP contribution in [0.1, 0.15) is 11.3 Å². The van der Waals surface area contributed by atoms with Crippen LogP contribution in [0.3, 0.4) is 0 Å². The lowest BCUT2D eigenvalue weighted by Gasteiger charge is -2.08. The zero-order chi connectivity index (χ0) is 11.7. The summed E-state index contributed by atoms with van der Waals surface area (Å²) >= 11 is 0. The molecule has 0 unspecified atom stereocenters. The monoisotopic (exact) mass is 219 g/mol. The molecule has 0 fully saturated rings. The summed E-state index contributed by atoms with van der Waals surface area (Å²) in [5, 5.41) is 3.17. The molecular formula is C12H14FN3. The quantitative estimate of drug-likeness (QED) is 0.841. The van der Waals surface area contributed by atoms with Gasteiger partial charge in [0.15, 0.2) is 0 Å². The Bertz CT molecular complexity index is 517. The van der Waals surface area contributed by atoms with Crippen LogP contribution in [0.15, 0.2) is 24.4 Å². The van der Waals surface area contributed by atoms with E-state index in [1.165, 1.54) is 12.1 Å². The van der Waals surface area contributed by atoms with E-state index in [1.807, 2.05) is 31.7 Å². The van der Waals surface area contributed by atoms with Crippen molar-refractivity contribution in [3.05, 3.63) is 41.5 Å². The first kappa shape index (κ1) is 10.7. The molecule has 0 spiro atoms. The maximum atomic E-state index is 12.9. The van der Waals surface area contributed by atoms with Crippen molar-refractivity contribution in [3.8, 4) is 0 Å². The number of imidazole rings is 1. The van der Waals surface area contributed by atoms with Crippen LogP contribution < -0.4 is 5.32 Å². The molecule has 1 N–H and O–H groups in total. The van der Waals surface area contributed by atoms with Crippen molar-refractivity contribution in [2.24, 2.45) is 7.05 Å². The second-order valence-electron chi connectivity index (χ2n) is 3.90. The van der Waals surface area contributed by atoms with Crippen LogP contribution >= 0.6 is 0 Å². The molecule has 0 aliphatic rings. The molecule has 1 aromatic heterocycles. The topological polar surface area (TPSA) is 29.9 Å². The van der Waals surface area contributed by atoms with Gasteiger partial charge >= 0.3 is 0 Å². The lowest BCUT2D eigenvalue weighted by Crippen LogP contribution is -2.00. The number of nitrogens with one attached hydrogen (secondary N) is 1. The average molecular weight is 219 g/mol. The van der Waals surface area contributed by atoms with Crippen molar-refractivity contribution in [2.45, 2.75) is 13.8 Å². The zero-order valence-electron chi connectivity index (χ0n) is 9.58. The lowest BCUT2D eigenvalue weighted by molar-refractivity contribution is 0.627. The number of aryl methyl sites for hydroxylation is 3. The first-order valence-corrected chi connectivity index (χ1v) is 5.09. The molecule has 4 heteroatoms. The van der Waals surface area contributed by atoms with Crippen LogP contribution in [0.25, 0.3) is 0 Å². The number of anilines is 2. The minimum Gasteiger partial charge on any atom is -0.325 e. The fourth-order valence-corrected chi connectivity index (χ4v) is 1.62. The average Bonchev–Trinajstić information content (AvgIpc) is 2.50. The van der Waals surface area contributed by atoms with Crippen molar-refractivity contribution in [2.75, 3.05) is 5.32 Å². The van der Waals surface area contributed by atoms with E-state index < -0.39 is 0 Å². The van der Waals surface area contributed by atoms with Crippen LogP contribution in [-0.4, -0.2) is 9.55 Å². The number of halogens is 1. The number of rotatable bonds is 2. The van der Waals surface area contributed by atoms with Crippen molar-refractivity contribution >= 4 is 11.6 Å². The van der Waals surface area contributed by atoms with Gasteiger partial charge in [0.1, 0.15) is 5.82 Å². The van der Waals surface area contributed by atoms with Gasteiger partial charge in [-0.3, -0.25) is 0 Å². The van der Waals surface area contributed by atoms with E-state index in [2.05, 4.69) is 10.3 Å². The summed E-state index contributed by atoms with van der Waals surface area (Å²) in [7, 11) is 1.92. The largest absolute Gasteiger partial charge is 0.325 e. The van der Waals surface area contributed by atoms with Crippen LogP contribution in [0.4, 0.5) is 16.0 Å². The summed E-state index contributed by atoms with van der Waals surface area (Å²) in [5.41, 5.74) is 2.68. The van der Waals surface area contributed by atoms with E-state index in [9.17, 15) is 4.39 Å². The Hall–Kier alpha value is -1.84. The molecule has 1 aromatic carbocycles. The van der Waals surface area contributed by atoms with Gasteiger partial charge in [0.25, 0.3) is 0 Å². The van der Waals surface area contributed by atoms with Crippen LogP contribution in [-0.2, 0) is 7.05 Å². The Balaban J connectivity index is 2.30. The molecule has 3 nitrogen and oxygen atoms in total. The SMILES string of the molecule is Cc1cn(C)c(Nc2ccc(F)cc2C)n1. The Kier molecular flexibility index (Phi) is 2.64. The zero-order valence-corrected chi connectivity index (χ0v) is 9.58. The molecule has 0 aliphatic heterocycles. The Morgan fingerprint density at radius 1 is 1.31 bits per heavy atom. The van der Waals surface area contributed by atoms with Gasteiger partial charge in [0.2, 0.25) is 5.95 Å². The second kappa shape index (κ2) is 3.96. The summed E-state index contributed by atoms with van der Waals surface area (Å²) in [6, 6.07) is 4.65. The second-order valence-corrected chi connectivity index (χ2v) is 3.90. The van der Waals surface area contributed by atoms with Crippen molar-refractivity contribution in [3.63, 3.8) is 0 Å². The summed E-state index contributed by atoms with van der Waals surface area (Å²) in [4.78, 5) is 4.33. The molecule has 0 saturated carbocycles. The molecule has 2 aromatic rings. The van der Waals surface area contributed by atoms with E-state index in [0.717, 1.165) is 22.9 Å². The van der Waals surface area contributed by atoms with Gasteiger partial charge in [0.05, 0.1) is 5.69 Å². The third-order valence-corrected chi connectivity index (χ3v) is 2.43. The molecular weight excluding hydrogens is 205 g/mol. The Morgan fingerprint density at radius 3 is 2.62 bits per heavy atom. The van der Waals surface area contributed by atoms with Crippen molar-refractivity contribution in [1.82, 2.24) is 9.55 Å². The molecule has 0 atom stereocenters. The Morgan fingerprint density at radius 2 is 2.06 bits per heavy atom. The van der Waals surface area contributed by atoms with Crippen molar-refractivity contribution in [1.29, 1.82) is 0 Å².